The molecule has 1 aromatic rings. The minimum Gasteiger partial charge on any atom is -0.264 e. The van der Waals surface area contributed by atoms with Crippen molar-refractivity contribution in [1.29, 1.82) is 0 Å². The summed E-state index contributed by atoms with van der Waals surface area (Å²) in [6.45, 7) is 1.86. The van der Waals surface area contributed by atoms with Gasteiger partial charge in [0, 0.05) is 24.2 Å². The highest BCUT2D eigenvalue weighted by Gasteiger charge is 2.09. The first-order valence-electron chi connectivity index (χ1n) is 4.06. The van der Waals surface area contributed by atoms with Crippen LogP contribution in [0.3, 0.4) is 0 Å². The van der Waals surface area contributed by atoms with E-state index in [4.69, 9.17) is 0 Å². The molecule has 3 nitrogen and oxygen atoms in total. The van der Waals surface area contributed by atoms with Crippen LogP contribution in [0.2, 0.25) is 0 Å². The van der Waals surface area contributed by atoms with Crippen molar-refractivity contribution in [1.82, 2.24) is 4.98 Å². The molecule has 14 heavy (non-hydrogen) atoms. The number of sulfone groups is 1. The van der Waals surface area contributed by atoms with E-state index >= 15 is 0 Å². The van der Waals surface area contributed by atoms with Gasteiger partial charge in [0.05, 0.1) is 5.75 Å². The van der Waals surface area contributed by atoms with Crippen LogP contribution in [-0.4, -0.2) is 25.0 Å². The molecule has 5 heteroatoms. The molecule has 0 aromatic carbocycles. The lowest BCUT2D eigenvalue weighted by molar-refractivity contribution is 0.601. The maximum atomic E-state index is 11.1. The van der Waals surface area contributed by atoms with E-state index in [1.54, 1.807) is 18.5 Å². The summed E-state index contributed by atoms with van der Waals surface area (Å²) >= 11 is 0. The van der Waals surface area contributed by atoms with Crippen molar-refractivity contribution < 1.29 is 8.42 Å². The molecular weight excluding hydrogens is 217 g/mol. The highest BCUT2D eigenvalue weighted by Crippen LogP contribution is 2.12. The van der Waals surface area contributed by atoms with Crippen molar-refractivity contribution in [2.45, 2.75) is 12.7 Å². The zero-order valence-corrected chi connectivity index (χ0v) is 9.93. The molecular formula is C9H12NO2PS. The van der Waals surface area contributed by atoms with Gasteiger partial charge < -0.3 is 0 Å². The molecule has 0 fully saturated rings. The van der Waals surface area contributed by atoms with Gasteiger partial charge in [0.1, 0.15) is 0 Å². The average molecular weight is 229 g/mol. The molecule has 76 valence electrons. The molecule has 0 unspecified atom stereocenters. The molecule has 1 rings (SSSR count). The van der Waals surface area contributed by atoms with E-state index in [9.17, 15) is 8.42 Å². The molecule has 0 aliphatic rings. The lowest BCUT2D eigenvalue weighted by Gasteiger charge is -2.06. The van der Waals surface area contributed by atoms with Crippen LogP contribution < -0.4 is 0 Å². The zero-order chi connectivity index (χ0) is 10.8. The summed E-state index contributed by atoms with van der Waals surface area (Å²) in [4.78, 5) is 3.95. The van der Waals surface area contributed by atoms with Gasteiger partial charge in [-0.1, -0.05) is 0 Å². The summed E-state index contributed by atoms with van der Waals surface area (Å²) in [5.41, 5.74) is 1.62. The molecule has 0 amide bonds. The SMILES string of the molecule is CC(=P)c1cnccc1CS(C)(=O)=O. The minimum atomic E-state index is -3.00. The van der Waals surface area contributed by atoms with E-state index in [2.05, 4.69) is 13.8 Å². The second-order valence-corrected chi connectivity index (χ2v) is 6.12. The van der Waals surface area contributed by atoms with Crippen molar-refractivity contribution in [2.24, 2.45) is 0 Å². The summed E-state index contributed by atoms with van der Waals surface area (Å²) in [6.07, 6.45) is 4.47. The molecule has 0 spiro atoms. The van der Waals surface area contributed by atoms with Crippen LogP contribution >= 0.6 is 8.86 Å². The summed E-state index contributed by atoms with van der Waals surface area (Å²) in [5.74, 6) is 0.0483. The van der Waals surface area contributed by atoms with Crippen LogP contribution in [0.25, 0.3) is 0 Å². The first-order valence-corrected chi connectivity index (χ1v) is 6.62. The van der Waals surface area contributed by atoms with Crippen LogP contribution in [0.1, 0.15) is 18.1 Å². The van der Waals surface area contributed by atoms with Crippen molar-refractivity contribution in [3.8, 4) is 0 Å². The standard InChI is InChI=1S/C9H12NO2PS/c1-7(13)9-5-10-4-3-8(9)6-14(2,11)12/h3-5,13H,6H2,1-2H3. The Hall–Kier alpha value is -0.730. The van der Waals surface area contributed by atoms with E-state index in [-0.39, 0.29) is 5.75 Å². The number of pyridine rings is 1. The Labute approximate surface area is 86.3 Å². The molecule has 1 heterocycles. The lowest BCUT2D eigenvalue weighted by Crippen LogP contribution is -2.06. The van der Waals surface area contributed by atoms with Gasteiger partial charge in [-0.2, -0.15) is 0 Å². The van der Waals surface area contributed by atoms with Crippen molar-refractivity contribution in [3.05, 3.63) is 29.6 Å². The summed E-state index contributed by atoms with van der Waals surface area (Å²) in [5, 5.41) is 0.886. The van der Waals surface area contributed by atoms with Gasteiger partial charge in [0.25, 0.3) is 0 Å². The smallest absolute Gasteiger partial charge is 0.151 e. The third-order valence-electron chi connectivity index (χ3n) is 1.73. The minimum absolute atomic E-state index is 0.0483. The molecule has 0 atom stereocenters. The van der Waals surface area contributed by atoms with Gasteiger partial charge in [-0.15, -0.1) is 8.86 Å². The maximum absolute atomic E-state index is 11.1. The lowest BCUT2D eigenvalue weighted by atomic mass is 10.1. The summed E-state index contributed by atoms with van der Waals surface area (Å²) in [6, 6.07) is 1.72. The topological polar surface area (TPSA) is 47.0 Å². The van der Waals surface area contributed by atoms with Gasteiger partial charge in [0.15, 0.2) is 9.84 Å². The van der Waals surface area contributed by atoms with Crippen LogP contribution in [0.5, 0.6) is 0 Å². The molecule has 1 aromatic heterocycles. The van der Waals surface area contributed by atoms with Crippen LogP contribution in [-0.2, 0) is 15.6 Å². The molecule has 0 radical (unpaired) electrons. The number of hydrogen-bond donors (Lipinski definition) is 0. The van der Waals surface area contributed by atoms with E-state index in [0.29, 0.717) is 0 Å². The Morgan fingerprint density at radius 2 is 2.21 bits per heavy atom. The van der Waals surface area contributed by atoms with Gasteiger partial charge in [0.2, 0.25) is 0 Å². The monoisotopic (exact) mass is 229 g/mol. The third-order valence-corrected chi connectivity index (χ3v) is 2.84. The fourth-order valence-corrected chi connectivity index (χ4v) is 2.21. The largest absolute Gasteiger partial charge is 0.264 e. The Morgan fingerprint density at radius 1 is 1.57 bits per heavy atom. The van der Waals surface area contributed by atoms with Crippen LogP contribution in [0.4, 0.5) is 0 Å². The van der Waals surface area contributed by atoms with Gasteiger partial charge >= 0.3 is 0 Å². The molecule has 0 saturated carbocycles. The highest BCUT2D eigenvalue weighted by molar-refractivity contribution is 7.89. The van der Waals surface area contributed by atoms with E-state index in [0.717, 1.165) is 16.4 Å². The fourth-order valence-electron chi connectivity index (χ4n) is 1.17. The zero-order valence-electron chi connectivity index (χ0n) is 8.11. The number of nitrogens with zero attached hydrogens (tertiary/aromatic N) is 1. The predicted molar refractivity (Wildman–Crippen MR) is 60.9 cm³/mol. The Kier molecular flexibility index (Phi) is 3.40. The highest BCUT2D eigenvalue weighted by atomic mass is 32.2. The Balaban J connectivity index is 3.15. The Bertz CT molecular complexity index is 454. The van der Waals surface area contributed by atoms with Gasteiger partial charge in [-0.3, -0.25) is 4.98 Å². The summed E-state index contributed by atoms with van der Waals surface area (Å²) in [7, 11) is 0.378. The second-order valence-electron chi connectivity index (χ2n) is 3.23. The molecule has 0 aliphatic carbocycles. The van der Waals surface area contributed by atoms with Crippen molar-refractivity contribution in [2.75, 3.05) is 6.26 Å². The predicted octanol–water partition coefficient (Wildman–Crippen LogP) is 1.31. The fraction of sp³-hybridized carbons (Fsp3) is 0.333. The number of rotatable bonds is 3. The van der Waals surface area contributed by atoms with E-state index in [1.807, 2.05) is 6.92 Å². The molecule has 0 N–H and O–H groups in total. The van der Waals surface area contributed by atoms with Crippen LogP contribution in [0.15, 0.2) is 18.5 Å². The number of hydrogen-bond acceptors (Lipinski definition) is 3. The first-order chi connectivity index (χ1) is 6.40. The Morgan fingerprint density at radius 3 is 2.71 bits per heavy atom. The van der Waals surface area contributed by atoms with E-state index < -0.39 is 9.84 Å². The van der Waals surface area contributed by atoms with E-state index in [1.165, 1.54) is 6.26 Å². The molecule has 0 saturated heterocycles. The third kappa shape index (κ3) is 3.20. The van der Waals surface area contributed by atoms with Crippen LogP contribution in [0, 0.1) is 0 Å². The van der Waals surface area contributed by atoms with Crippen molar-refractivity contribution >= 4 is 24.0 Å². The quantitative estimate of drug-likeness (QED) is 0.734. The first kappa shape index (κ1) is 11.3. The van der Waals surface area contributed by atoms with Crippen molar-refractivity contribution in [3.63, 3.8) is 0 Å². The average Bonchev–Trinajstić information content (AvgIpc) is 2.01. The summed E-state index contributed by atoms with van der Waals surface area (Å²) < 4.78 is 22.3. The number of aromatic nitrogens is 1. The molecule has 0 bridgehead atoms. The second kappa shape index (κ2) is 4.20. The molecule has 0 aliphatic heterocycles. The van der Waals surface area contributed by atoms with Gasteiger partial charge in [-0.25, -0.2) is 8.42 Å². The normalized spacial score (nSPS) is 11.3. The van der Waals surface area contributed by atoms with Gasteiger partial charge in [-0.05, 0) is 23.8 Å². The maximum Gasteiger partial charge on any atom is 0.151 e.